The number of aromatic nitrogens is 3. The van der Waals surface area contributed by atoms with Gasteiger partial charge in [0.25, 0.3) is 0 Å². The Bertz CT molecular complexity index is 453. The Morgan fingerprint density at radius 1 is 1.47 bits per heavy atom. The number of hydrogen-bond acceptors (Lipinski definition) is 4. The molecule has 0 aliphatic heterocycles. The fourth-order valence-electron chi connectivity index (χ4n) is 1.21. The van der Waals surface area contributed by atoms with Gasteiger partial charge in [0.2, 0.25) is 0 Å². The third-order valence-electron chi connectivity index (χ3n) is 1.94. The minimum absolute atomic E-state index is 0.0938. The van der Waals surface area contributed by atoms with Gasteiger partial charge < -0.3 is 9.84 Å². The van der Waals surface area contributed by atoms with Gasteiger partial charge in [-0.2, -0.15) is 5.10 Å². The topological polar surface area (TPSA) is 60.2 Å². The van der Waals surface area contributed by atoms with E-state index in [4.69, 9.17) is 9.84 Å². The molecule has 0 unspecified atom stereocenters. The fraction of sp³-hybridized carbons (Fsp3) is 0.200. The molecule has 0 saturated heterocycles. The predicted molar refractivity (Wildman–Crippen MR) is 53.4 cm³/mol. The summed E-state index contributed by atoms with van der Waals surface area (Å²) >= 11 is 0. The molecule has 5 nitrogen and oxygen atoms in total. The smallest absolute Gasteiger partial charge is 0.165 e. The van der Waals surface area contributed by atoms with E-state index < -0.39 is 0 Å². The maximum atomic E-state index is 9.06. The summed E-state index contributed by atoms with van der Waals surface area (Å²) < 4.78 is 7.19. The number of aliphatic hydroxyl groups is 1. The van der Waals surface area contributed by atoms with E-state index in [1.807, 2.05) is 7.05 Å². The van der Waals surface area contributed by atoms with Crippen LogP contribution >= 0.6 is 0 Å². The van der Waals surface area contributed by atoms with Crippen molar-refractivity contribution in [3.63, 3.8) is 0 Å². The standard InChI is InChI=1S/C10H11N3O2/c1-13-6-9(5-12-13)15-10-2-3-11-4-8(10)7-14/h2-6,14H,7H2,1H3. The second-order valence-electron chi connectivity index (χ2n) is 3.09. The van der Waals surface area contributed by atoms with Crippen molar-refractivity contribution in [2.75, 3.05) is 0 Å². The van der Waals surface area contributed by atoms with Gasteiger partial charge in [-0.05, 0) is 6.07 Å². The Kier molecular flexibility index (Phi) is 2.64. The number of aliphatic hydroxyl groups excluding tert-OH is 1. The Morgan fingerprint density at radius 3 is 3.00 bits per heavy atom. The fourth-order valence-corrected chi connectivity index (χ4v) is 1.21. The van der Waals surface area contributed by atoms with E-state index in [-0.39, 0.29) is 6.61 Å². The highest BCUT2D eigenvalue weighted by atomic mass is 16.5. The summed E-state index contributed by atoms with van der Waals surface area (Å²) in [6, 6.07) is 1.71. The van der Waals surface area contributed by atoms with Crippen molar-refractivity contribution in [1.82, 2.24) is 14.8 Å². The SMILES string of the molecule is Cn1cc(Oc2ccncc2CO)cn1. The molecule has 0 aliphatic rings. The van der Waals surface area contributed by atoms with Crippen LogP contribution in [0.1, 0.15) is 5.56 Å². The number of ether oxygens (including phenoxy) is 1. The Morgan fingerprint density at radius 2 is 2.33 bits per heavy atom. The van der Waals surface area contributed by atoms with E-state index in [0.29, 0.717) is 17.1 Å². The highest BCUT2D eigenvalue weighted by Crippen LogP contribution is 2.23. The van der Waals surface area contributed by atoms with E-state index in [1.54, 1.807) is 35.5 Å². The van der Waals surface area contributed by atoms with Gasteiger partial charge in [0.1, 0.15) is 5.75 Å². The summed E-state index contributed by atoms with van der Waals surface area (Å²) in [4.78, 5) is 3.90. The molecule has 5 heteroatoms. The van der Waals surface area contributed by atoms with Crippen molar-refractivity contribution in [1.29, 1.82) is 0 Å². The first kappa shape index (κ1) is 9.67. The zero-order chi connectivity index (χ0) is 10.7. The molecule has 0 bridgehead atoms. The molecule has 15 heavy (non-hydrogen) atoms. The van der Waals surface area contributed by atoms with E-state index in [1.165, 1.54) is 0 Å². The highest BCUT2D eigenvalue weighted by Gasteiger charge is 2.04. The second-order valence-corrected chi connectivity index (χ2v) is 3.09. The quantitative estimate of drug-likeness (QED) is 0.815. The molecule has 2 aromatic heterocycles. The molecular weight excluding hydrogens is 194 g/mol. The number of nitrogens with zero attached hydrogens (tertiary/aromatic N) is 3. The molecule has 0 saturated carbocycles. The highest BCUT2D eigenvalue weighted by molar-refractivity contribution is 5.33. The summed E-state index contributed by atoms with van der Waals surface area (Å²) in [6.45, 7) is -0.0938. The number of aryl methyl sites for hydroxylation is 1. The van der Waals surface area contributed by atoms with Gasteiger partial charge in [0.15, 0.2) is 5.75 Å². The molecule has 0 atom stereocenters. The third kappa shape index (κ3) is 2.13. The first-order valence-corrected chi connectivity index (χ1v) is 4.50. The van der Waals surface area contributed by atoms with Gasteiger partial charge in [-0.1, -0.05) is 0 Å². The van der Waals surface area contributed by atoms with Crippen molar-refractivity contribution in [2.24, 2.45) is 7.05 Å². The minimum Gasteiger partial charge on any atom is -0.454 e. The van der Waals surface area contributed by atoms with Gasteiger partial charge in [0, 0.05) is 25.0 Å². The molecule has 0 fully saturated rings. The average molecular weight is 205 g/mol. The summed E-state index contributed by atoms with van der Waals surface area (Å²) in [7, 11) is 1.81. The average Bonchev–Trinajstić information content (AvgIpc) is 2.65. The van der Waals surface area contributed by atoms with Gasteiger partial charge >= 0.3 is 0 Å². The van der Waals surface area contributed by atoms with E-state index in [9.17, 15) is 0 Å². The summed E-state index contributed by atoms with van der Waals surface area (Å²) in [6.07, 6.45) is 6.56. The summed E-state index contributed by atoms with van der Waals surface area (Å²) in [5.41, 5.74) is 0.654. The molecular formula is C10H11N3O2. The Hall–Kier alpha value is -1.88. The van der Waals surface area contributed by atoms with Crippen LogP contribution in [0.25, 0.3) is 0 Å². The first-order chi connectivity index (χ1) is 7.29. The van der Waals surface area contributed by atoms with Crippen molar-refractivity contribution in [2.45, 2.75) is 6.61 Å². The molecule has 2 aromatic rings. The first-order valence-electron chi connectivity index (χ1n) is 4.50. The normalized spacial score (nSPS) is 10.3. The molecule has 0 spiro atoms. The summed E-state index contributed by atoms with van der Waals surface area (Å²) in [5, 5.41) is 13.0. The van der Waals surface area contributed by atoms with Crippen molar-refractivity contribution >= 4 is 0 Å². The third-order valence-corrected chi connectivity index (χ3v) is 1.94. The molecule has 1 N–H and O–H groups in total. The van der Waals surface area contributed by atoms with Crippen LogP contribution in [-0.4, -0.2) is 19.9 Å². The molecule has 0 amide bonds. The molecule has 2 rings (SSSR count). The van der Waals surface area contributed by atoms with Crippen LogP contribution in [0.15, 0.2) is 30.9 Å². The number of hydrogen-bond donors (Lipinski definition) is 1. The van der Waals surface area contributed by atoms with E-state index >= 15 is 0 Å². The zero-order valence-corrected chi connectivity index (χ0v) is 8.29. The lowest BCUT2D eigenvalue weighted by atomic mass is 10.3. The van der Waals surface area contributed by atoms with Crippen LogP contribution in [0, 0.1) is 0 Å². The van der Waals surface area contributed by atoms with Gasteiger partial charge in [-0.15, -0.1) is 0 Å². The van der Waals surface area contributed by atoms with Gasteiger partial charge in [-0.3, -0.25) is 9.67 Å². The zero-order valence-electron chi connectivity index (χ0n) is 8.29. The maximum Gasteiger partial charge on any atom is 0.165 e. The van der Waals surface area contributed by atoms with Crippen LogP contribution in [0.5, 0.6) is 11.5 Å². The van der Waals surface area contributed by atoms with Crippen LogP contribution in [0.4, 0.5) is 0 Å². The predicted octanol–water partition coefficient (Wildman–Crippen LogP) is 1.10. The largest absolute Gasteiger partial charge is 0.454 e. The van der Waals surface area contributed by atoms with Gasteiger partial charge in [-0.25, -0.2) is 0 Å². The summed E-state index contributed by atoms with van der Waals surface area (Å²) in [5.74, 6) is 1.24. The van der Waals surface area contributed by atoms with Crippen LogP contribution < -0.4 is 4.74 Å². The molecule has 0 aromatic carbocycles. The van der Waals surface area contributed by atoms with Gasteiger partial charge in [0.05, 0.1) is 19.0 Å². The molecule has 78 valence electrons. The molecule has 0 radical (unpaired) electrons. The van der Waals surface area contributed by atoms with Crippen molar-refractivity contribution < 1.29 is 9.84 Å². The van der Waals surface area contributed by atoms with E-state index in [0.717, 1.165) is 0 Å². The maximum absolute atomic E-state index is 9.06. The monoisotopic (exact) mass is 205 g/mol. The van der Waals surface area contributed by atoms with Crippen molar-refractivity contribution in [3.8, 4) is 11.5 Å². The van der Waals surface area contributed by atoms with E-state index in [2.05, 4.69) is 10.1 Å². The molecule has 0 aliphatic carbocycles. The molecule has 2 heterocycles. The van der Waals surface area contributed by atoms with Crippen LogP contribution in [-0.2, 0) is 13.7 Å². The lowest BCUT2D eigenvalue weighted by molar-refractivity contribution is 0.276. The Labute approximate surface area is 87.0 Å². The lowest BCUT2D eigenvalue weighted by Gasteiger charge is -2.06. The number of pyridine rings is 1. The minimum atomic E-state index is -0.0938. The van der Waals surface area contributed by atoms with Crippen LogP contribution in [0.2, 0.25) is 0 Å². The Balaban J connectivity index is 2.23. The van der Waals surface area contributed by atoms with Crippen molar-refractivity contribution in [3.05, 3.63) is 36.4 Å². The number of rotatable bonds is 3. The van der Waals surface area contributed by atoms with Crippen LogP contribution in [0.3, 0.4) is 0 Å². The lowest BCUT2D eigenvalue weighted by Crippen LogP contribution is -1.91. The second kappa shape index (κ2) is 4.10.